The summed E-state index contributed by atoms with van der Waals surface area (Å²) >= 11 is 6.61. The SMILES string of the molecule is CCOc1ccc(N2CC=C[C@@]3(CC)O[C@]45C=CCN(c6c(C)cccc6Cl)C(=O)C4N(CCO)C(=O)[C@@H]5[C@H]3C2=O)cc1. The normalized spacial score (nSPS) is 29.8. The van der Waals surface area contributed by atoms with Crippen molar-refractivity contribution in [3.05, 3.63) is 77.4 Å². The molecule has 2 saturated heterocycles. The third-order valence-corrected chi connectivity index (χ3v) is 9.50. The van der Waals surface area contributed by atoms with Gasteiger partial charge in [0.2, 0.25) is 11.8 Å². The summed E-state index contributed by atoms with van der Waals surface area (Å²) in [4.78, 5) is 48.2. The van der Waals surface area contributed by atoms with Crippen LogP contribution >= 0.6 is 11.6 Å². The Morgan fingerprint density at radius 3 is 2.35 bits per heavy atom. The molecule has 226 valence electrons. The lowest BCUT2D eigenvalue weighted by Gasteiger charge is -2.38. The largest absolute Gasteiger partial charge is 0.494 e. The number of amides is 3. The number of para-hydroxylation sites is 1. The van der Waals surface area contributed by atoms with Gasteiger partial charge in [-0.15, -0.1) is 0 Å². The van der Waals surface area contributed by atoms with E-state index in [0.717, 1.165) is 5.56 Å². The van der Waals surface area contributed by atoms with Gasteiger partial charge in [0, 0.05) is 25.3 Å². The fraction of sp³-hybridized carbons (Fsp3) is 0.424. The summed E-state index contributed by atoms with van der Waals surface area (Å²) in [5, 5.41) is 10.4. The minimum absolute atomic E-state index is 0.0709. The van der Waals surface area contributed by atoms with E-state index in [0.29, 0.717) is 41.7 Å². The lowest BCUT2D eigenvalue weighted by atomic mass is 9.73. The van der Waals surface area contributed by atoms with Crippen molar-refractivity contribution in [2.75, 3.05) is 42.6 Å². The summed E-state index contributed by atoms with van der Waals surface area (Å²) < 4.78 is 12.6. The molecule has 2 aromatic carbocycles. The average Bonchev–Trinajstić information content (AvgIpc) is 3.27. The van der Waals surface area contributed by atoms with Crippen LogP contribution in [0.3, 0.4) is 0 Å². The van der Waals surface area contributed by atoms with Gasteiger partial charge in [0.15, 0.2) is 0 Å². The summed E-state index contributed by atoms with van der Waals surface area (Å²) in [6.07, 6.45) is 7.86. The van der Waals surface area contributed by atoms with Gasteiger partial charge in [-0.3, -0.25) is 14.4 Å². The predicted octanol–water partition coefficient (Wildman–Crippen LogP) is 3.91. The van der Waals surface area contributed by atoms with Crippen molar-refractivity contribution in [3.8, 4) is 5.75 Å². The topological polar surface area (TPSA) is 99.6 Å². The van der Waals surface area contributed by atoms with Crippen molar-refractivity contribution in [3.63, 3.8) is 0 Å². The first-order valence-corrected chi connectivity index (χ1v) is 15.2. The summed E-state index contributed by atoms with van der Waals surface area (Å²) in [6, 6.07) is 11.6. The van der Waals surface area contributed by atoms with Gasteiger partial charge in [0.05, 0.1) is 41.4 Å². The van der Waals surface area contributed by atoms with Crippen molar-refractivity contribution in [2.45, 2.75) is 44.4 Å². The van der Waals surface area contributed by atoms with Gasteiger partial charge >= 0.3 is 0 Å². The summed E-state index contributed by atoms with van der Waals surface area (Å²) in [5.74, 6) is -2.17. The second kappa shape index (κ2) is 11.1. The van der Waals surface area contributed by atoms with Crippen LogP contribution in [0.15, 0.2) is 66.8 Å². The van der Waals surface area contributed by atoms with E-state index in [9.17, 15) is 19.5 Å². The Balaban J connectivity index is 1.46. The zero-order chi connectivity index (χ0) is 30.5. The van der Waals surface area contributed by atoms with Crippen molar-refractivity contribution in [1.29, 1.82) is 0 Å². The molecule has 2 fully saturated rings. The van der Waals surface area contributed by atoms with Crippen molar-refractivity contribution >= 4 is 40.7 Å². The van der Waals surface area contributed by atoms with Gasteiger partial charge < -0.3 is 29.3 Å². The molecule has 1 unspecified atom stereocenters. The number of aliphatic hydroxyl groups excluding tert-OH is 1. The number of aliphatic hydroxyl groups is 1. The van der Waals surface area contributed by atoms with Gasteiger partial charge in [-0.05, 0) is 56.2 Å². The Hall–Kier alpha value is -3.66. The predicted molar refractivity (Wildman–Crippen MR) is 163 cm³/mol. The molecule has 6 rings (SSSR count). The molecule has 43 heavy (non-hydrogen) atoms. The third-order valence-electron chi connectivity index (χ3n) is 9.20. The molecule has 4 aliphatic rings. The highest BCUT2D eigenvalue weighted by Crippen LogP contribution is 2.59. The van der Waals surface area contributed by atoms with E-state index in [1.54, 1.807) is 21.9 Å². The van der Waals surface area contributed by atoms with Crippen LogP contribution in [0.25, 0.3) is 0 Å². The number of hydrogen-bond donors (Lipinski definition) is 1. The van der Waals surface area contributed by atoms with Gasteiger partial charge in [-0.1, -0.05) is 55.0 Å². The molecule has 0 aliphatic carbocycles. The van der Waals surface area contributed by atoms with Crippen LogP contribution in [-0.2, 0) is 19.1 Å². The van der Waals surface area contributed by atoms with E-state index >= 15 is 0 Å². The van der Waals surface area contributed by atoms with Crippen molar-refractivity contribution in [2.24, 2.45) is 11.8 Å². The number of carbonyl (C=O) groups excluding carboxylic acids is 3. The van der Waals surface area contributed by atoms with Crippen LogP contribution in [-0.4, -0.2) is 77.8 Å². The Morgan fingerprint density at radius 1 is 0.953 bits per heavy atom. The number of halogens is 1. The highest BCUT2D eigenvalue weighted by atomic mass is 35.5. The molecule has 1 N–H and O–H groups in total. The Bertz CT molecular complexity index is 1490. The molecule has 10 heteroatoms. The summed E-state index contributed by atoms with van der Waals surface area (Å²) in [7, 11) is 0. The lowest BCUT2D eigenvalue weighted by molar-refractivity contribution is -0.146. The number of anilines is 2. The molecular formula is C33H36ClN3O6. The first-order valence-electron chi connectivity index (χ1n) is 14.8. The Kier molecular flexibility index (Phi) is 7.61. The number of carbonyl (C=O) groups is 3. The average molecular weight is 606 g/mol. The summed E-state index contributed by atoms with van der Waals surface area (Å²) in [6.45, 7) is 6.35. The second-order valence-electron chi connectivity index (χ2n) is 11.4. The number of benzene rings is 2. The van der Waals surface area contributed by atoms with Crippen LogP contribution in [0, 0.1) is 18.8 Å². The molecule has 0 radical (unpaired) electrons. The van der Waals surface area contributed by atoms with Crippen LogP contribution < -0.4 is 14.5 Å². The zero-order valence-electron chi connectivity index (χ0n) is 24.5. The number of likely N-dealkylation sites (tertiary alicyclic amines) is 1. The van der Waals surface area contributed by atoms with Gasteiger partial charge in [0.1, 0.15) is 17.4 Å². The van der Waals surface area contributed by atoms with Gasteiger partial charge in [-0.25, -0.2) is 0 Å². The number of fused-ring (bicyclic) bond motifs is 2. The van der Waals surface area contributed by atoms with Crippen molar-refractivity contribution < 1.29 is 29.0 Å². The molecule has 0 saturated carbocycles. The van der Waals surface area contributed by atoms with Crippen LogP contribution in [0.1, 0.15) is 25.8 Å². The van der Waals surface area contributed by atoms with Crippen LogP contribution in [0.2, 0.25) is 5.02 Å². The fourth-order valence-electron chi connectivity index (χ4n) is 7.39. The van der Waals surface area contributed by atoms with E-state index in [2.05, 4.69) is 0 Å². The zero-order valence-corrected chi connectivity index (χ0v) is 25.3. The Labute approximate surface area is 256 Å². The lowest BCUT2D eigenvalue weighted by Crippen LogP contribution is -2.56. The molecule has 3 amide bonds. The monoisotopic (exact) mass is 605 g/mol. The maximum Gasteiger partial charge on any atom is 0.253 e. The number of rotatable bonds is 7. The first kappa shape index (κ1) is 29.4. The molecule has 9 nitrogen and oxygen atoms in total. The maximum atomic E-state index is 14.6. The molecule has 4 heterocycles. The second-order valence-corrected chi connectivity index (χ2v) is 11.8. The standard InChI is InChI=1S/C33H36ClN3O6/c1-4-32-15-7-17-35(22-11-13-23(14-12-22)42-5-2)29(39)25(32)26-30(40)37(19-20-38)28-31(41)36(18-8-16-33(26,28)43-32)27-21(3)9-6-10-24(27)34/h6-16,25-26,28,38H,4-5,17-20H2,1-3H3/t25-,26-,28?,32+,33-/m0/s1. The quantitative estimate of drug-likeness (QED) is 0.481. The smallest absolute Gasteiger partial charge is 0.253 e. The number of hydrogen-bond acceptors (Lipinski definition) is 6. The Morgan fingerprint density at radius 2 is 1.67 bits per heavy atom. The van der Waals surface area contributed by atoms with Gasteiger partial charge in [0.25, 0.3) is 5.91 Å². The van der Waals surface area contributed by atoms with Crippen LogP contribution in [0.5, 0.6) is 5.75 Å². The minimum atomic E-state index is -1.42. The van der Waals surface area contributed by atoms with E-state index in [4.69, 9.17) is 21.1 Å². The molecule has 1 spiro atoms. The molecule has 0 bridgehead atoms. The van der Waals surface area contributed by atoms with E-state index in [1.165, 1.54) is 4.90 Å². The molecule has 4 aliphatic heterocycles. The molecule has 0 aromatic heterocycles. The highest BCUT2D eigenvalue weighted by molar-refractivity contribution is 6.34. The molecular weight excluding hydrogens is 570 g/mol. The number of nitrogens with zero attached hydrogens (tertiary/aromatic N) is 3. The number of ether oxygens (including phenoxy) is 2. The van der Waals surface area contributed by atoms with E-state index in [-0.39, 0.29) is 37.4 Å². The van der Waals surface area contributed by atoms with Gasteiger partial charge in [-0.2, -0.15) is 0 Å². The fourth-order valence-corrected chi connectivity index (χ4v) is 7.72. The molecule has 5 atom stereocenters. The highest BCUT2D eigenvalue weighted by Gasteiger charge is 2.75. The van der Waals surface area contributed by atoms with E-state index < -0.39 is 29.1 Å². The van der Waals surface area contributed by atoms with Crippen LogP contribution in [0.4, 0.5) is 11.4 Å². The number of β-amino-alcohol motifs (C(OH)–C–C–N with tert-alkyl or cyclic N) is 1. The molecule has 2 aromatic rings. The van der Waals surface area contributed by atoms with E-state index in [1.807, 2.05) is 75.4 Å². The van der Waals surface area contributed by atoms with Crippen molar-refractivity contribution in [1.82, 2.24) is 4.90 Å². The maximum absolute atomic E-state index is 14.6. The minimum Gasteiger partial charge on any atom is -0.494 e. The number of aryl methyl sites for hydroxylation is 1. The third kappa shape index (κ3) is 4.39. The summed E-state index contributed by atoms with van der Waals surface area (Å²) in [5.41, 5.74) is -0.484. The first-order chi connectivity index (χ1) is 20.7.